The van der Waals surface area contributed by atoms with E-state index in [2.05, 4.69) is 0 Å². The Labute approximate surface area is 79.0 Å². The number of aromatic nitrogens is 1. The van der Waals surface area contributed by atoms with E-state index in [-0.39, 0.29) is 5.91 Å². The molecule has 0 aliphatic rings. The van der Waals surface area contributed by atoms with Crippen LogP contribution < -0.4 is 0 Å². The first-order valence-electron chi connectivity index (χ1n) is 4.34. The summed E-state index contributed by atoms with van der Waals surface area (Å²) in [5, 5.41) is 0. The molecular formula is C10H16N2O. The fourth-order valence-corrected chi connectivity index (χ4v) is 1.13. The largest absolute Gasteiger partial charge is 0.347 e. The Bertz CT molecular complexity index is 293. The molecule has 0 unspecified atom stereocenters. The van der Waals surface area contributed by atoms with Gasteiger partial charge in [0.05, 0.1) is 0 Å². The molecule has 0 aliphatic carbocycles. The molecule has 1 rings (SSSR count). The lowest BCUT2D eigenvalue weighted by atomic mass is 10.2. The van der Waals surface area contributed by atoms with Gasteiger partial charge in [-0.3, -0.25) is 4.79 Å². The lowest BCUT2D eigenvalue weighted by molar-refractivity contribution is -0.129. The molecule has 0 radical (unpaired) electrons. The van der Waals surface area contributed by atoms with Crippen molar-refractivity contribution in [1.82, 2.24) is 9.47 Å². The van der Waals surface area contributed by atoms with Crippen LogP contribution in [0.4, 0.5) is 0 Å². The molecule has 0 aromatic carbocycles. The second kappa shape index (κ2) is 3.64. The van der Waals surface area contributed by atoms with E-state index in [0.29, 0.717) is 6.54 Å². The highest BCUT2D eigenvalue weighted by molar-refractivity contribution is 5.75. The van der Waals surface area contributed by atoms with Gasteiger partial charge in [0.1, 0.15) is 6.54 Å². The van der Waals surface area contributed by atoms with Crippen molar-refractivity contribution in [2.75, 3.05) is 14.1 Å². The van der Waals surface area contributed by atoms with Gasteiger partial charge >= 0.3 is 0 Å². The summed E-state index contributed by atoms with van der Waals surface area (Å²) in [6.45, 7) is 4.53. The molecule has 0 aliphatic heterocycles. The Hall–Kier alpha value is -1.25. The van der Waals surface area contributed by atoms with Crippen LogP contribution in [0, 0.1) is 13.8 Å². The van der Waals surface area contributed by atoms with E-state index in [1.54, 1.807) is 19.0 Å². The van der Waals surface area contributed by atoms with Crippen LogP contribution in [-0.2, 0) is 11.3 Å². The van der Waals surface area contributed by atoms with Crippen molar-refractivity contribution >= 4 is 5.91 Å². The van der Waals surface area contributed by atoms with Gasteiger partial charge in [0.2, 0.25) is 5.91 Å². The van der Waals surface area contributed by atoms with Crippen molar-refractivity contribution in [2.45, 2.75) is 20.4 Å². The first-order chi connectivity index (χ1) is 6.00. The second-order valence-electron chi connectivity index (χ2n) is 3.58. The predicted molar refractivity (Wildman–Crippen MR) is 52.6 cm³/mol. The number of rotatable bonds is 2. The van der Waals surface area contributed by atoms with Crippen LogP contribution in [0.3, 0.4) is 0 Å². The van der Waals surface area contributed by atoms with E-state index in [4.69, 9.17) is 0 Å². The maximum atomic E-state index is 11.3. The summed E-state index contributed by atoms with van der Waals surface area (Å²) in [6, 6.07) is 0. The molecule has 3 nitrogen and oxygen atoms in total. The summed E-state index contributed by atoms with van der Waals surface area (Å²) in [5.74, 6) is 0.120. The number of carbonyl (C=O) groups excluding carboxylic acids is 1. The molecule has 1 aromatic heterocycles. The van der Waals surface area contributed by atoms with E-state index in [0.717, 1.165) is 0 Å². The van der Waals surface area contributed by atoms with Gasteiger partial charge in [-0.25, -0.2) is 0 Å². The average Bonchev–Trinajstić information content (AvgIpc) is 2.31. The van der Waals surface area contributed by atoms with E-state index in [1.807, 2.05) is 30.8 Å². The van der Waals surface area contributed by atoms with Crippen molar-refractivity contribution < 1.29 is 4.79 Å². The quantitative estimate of drug-likeness (QED) is 0.671. The SMILES string of the molecule is Cc1cn(CC(=O)N(C)C)cc1C. The summed E-state index contributed by atoms with van der Waals surface area (Å²) in [4.78, 5) is 12.9. The first-order valence-corrected chi connectivity index (χ1v) is 4.34. The van der Waals surface area contributed by atoms with Gasteiger partial charge < -0.3 is 9.47 Å². The van der Waals surface area contributed by atoms with Gasteiger partial charge in [-0.15, -0.1) is 0 Å². The molecule has 0 saturated heterocycles. The number of nitrogens with zero attached hydrogens (tertiary/aromatic N) is 2. The normalized spacial score (nSPS) is 10.2. The lowest BCUT2D eigenvalue weighted by Crippen LogP contribution is -2.25. The highest BCUT2D eigenvalue weighted by Crippen LogP contribution is 2.07. The number of aryl methyl sites for hydroxylation is 2. The summed E-state index contributed by atoms with van der Waals surface area (Å²) in [7, 11) is 3.54. The van der Waals surface area contributed by atoms with Gasteiger partial charge in [0.25, 0.3) is 0 Å². The van der Waals surface area contributed by atoms with Crippen molar-refractivity contribution in [1.29, 1.82) is 0 Å². The fourth-order valence-electron chi connectivity index (χ4n) is 1.13. The monoisotopic (exact) mass is 180 g/mol. The highest BCUT2D eigenvalue weighted by Gasteiger charge is 2.05. The highest BCUT2D eigenvalue weighted by atomic mass is 16.2. The summed E-state index contributed by atoms with van der Waals surface area (Å²) < 4.78 is 1.92. The lowest BCUT2D eigenvalue weighted by Gasteiger charge is -2.10. The Kier molecular flexibility index (Phi) is 2.76. The number of likely N-dealkylation sites (N-methyl/N-ethyl adjacent to an activating group) is 1. The minimum Gasteiger partial charge on any atom is -0.347 e. The zero-order chi connectivity index (χ0) is 10.0. The van der Waals surface area contributed by atoms with Gasteiger partial charge in [-0.1, -0.05) is 0 Å². The van der Waals surface area contributed by atoms with Gasteiger partial charge in [0, 0.05) is 26.5 Å². The molecule has 1 aromatic rings. The van der Waals surface area contributed by atoms with Crippen LogP contribution in [0.25, 0.3) is 0 Å². The number of amides is 1. The minimum atomic E-state index is 0.120. The zero-order valence-electron chi connectivity index (χ0n) is 8.66. The van der Waals surface area contributed by atoms with Crippen LogP contribution in [0.5, 0.6) is 0 Å². The molecule has 1 amide bonds. The first kappa shape index (κ1) is 9.84. The Balaban J connectivity index is 2.70. The van der Waals surface area contributed by atoms with Crippen molar-refractivity contribution in [3.63, 3.8) is 0 Å². The number of carbonyl (C=O) groups is 1. The maximum Gasteiger partial charge on any atom is 0.241 e. The Morgan fingerprint density at radius 3 is 2.15 bits per heavy atom. The predicted octanol–water partition coefficient (Wildman–Crippen LogP) is 1.19. The molecule has 0 saturated carbocycles. The number of hydrogen-bond acceptors (Lipinski definition) is 1. The molecule has 13 heavy (non-hydrogen) atoms. The standard InChI is InChI=1S/C10H16N2O/c1-8-5-12(6-9(8)2)7-10(13)11(3)4/h5-6H,7H2,1-4H3. The zero-order valence-corrected chi connectivity index (χ0v) is 8.66. The van der Waals surface area contributed by atoms with Crippen molar-refractivity contribution in [3.05, 3.63) is 23.5 Å². The van der Waals surface area contributed by atoms with Crippen LogP contribution in [0.2, 0.25) is 0 Å². The molecule has 1 heterocycles. The number of hydrogen-bond donors (Lipinski definition) is 0. The molecular weight excluding hydrogens is 164 g/mol. The maximum absolute atomic E-state index is 11.3. The van der Waals surface area contributed by atoms with Gasteiger partial charge in [-0.2, -0.15) is 0 Å². The van der Waals surface area contributed by atoms with E-state index in [9.17, 15) is 4.79 Å². The summed E-state index contributed by atoms with van der Waals surface area (Å²) in [6.07, 6.45) is 3.99. The van der Waals surface area contributed by atoms with Crippen LogP contribution in [0.15, 0.2) is 12.4 Å². The van der Waals surface area contributed by atoms with Crippen LogP contribution in [-0.4, -0.2) is 29.5 Å². The van der Waals surface area contributed by atoms with Crippen molar-refractivity contribution in [3.8, 4) is 0 Å². The third kappa shape index (κ3) is 2.34. The molecule has 0 bridgehead atoms. The molecule has 0 N–H and O–H groups in total. The molecule has 0 fully saturated rings. The molecule has 0 spiro atoms. The van der Waals surface area contributed by atoms with E-state index in [1.165, 1.54) is 11.1 Å². The second-order valence-corrected chi connectivity index (χ2v) is 3.58. The average molecular weight is 180 g/mol. The Morgan fingerprint density at radius 2 is 1.77 bits per heavy atom. The summed E-state index contributed by atoms with van der Waals surface area (Å²) >= 11 is 0. The fraction of sp³-hybridized carbons (Fsp3) is 0.500. The third-order valence-electron chi connectivity index (χ3n) is 2.16. The third-order valence-corrected chi connectivity index (χ3v) is 2.16. The summed E-state index contributed by atoms with van der Waals surface area (Å²) in [5.41, 5.74) is 2.46. The van der Waals surface area contributed by atoms with Crippen LogP contribution >= 0.6 is 0 Å². The minimum absolute atomic E-state index is 0.120. The Morgan fingerprint density at radius 1 is 1.31 bits per heavy atom. The van der Waals surface area contributed by atoms with E-state index >= 15 is 0 Å². The van der Waals surface area contributed by atoms with E-state index < -0.39 is 0 Å². The van der Waals surface area contributed by atoms with Crippen molar-refractivity contribution in [2.24, 2.45) is 0 Å². The molecule has 3 heteroatoms. The van der Waals surface area contributed by atoms with Crippen LogP contribution in [0.1, 0.15) is 11.1 Å². The van der Waals surface area contributed by atoms with Gasteiger partial charge in [0.15, 0.2) is 0 Å². The molecule has 72 valence electrons. The topological polar surface area (TPSA) is 25.2 Å². The smallest absolute Gasteiger partial charge is 0.241 e. The molecule has 0 atom stereocenters. The van der Waals surface area contributed by atoms with Gasteiger partial charge in [-0.05, 0) is 25.0 Å².